The average molecular weight is 288 g/mol. The van der Waals surface area contributed by atoms with Crippen molar-refractivity contribution in [3.05, 3.63) is 35.4 Å². The molecule has 1 N–H and O–H groups in total. The quantitative estimate of drug-likeness (QED) is 0.761. The Hall–Kier alpha value is -0.860. The van der Waals surface area contributed by atoms with Crippen LogP contribution in [-0.4, -0.2) is 24.5 Å². The van der Waals surface area contributed by atoms with Crippen molar-refractivity contribution in [1.82, 2.24) is 10.2 Å². The second-order valence-electron chi connectivity index (χ2n) is 6.85. The van der Waals surface area contributed by atoms with Crippen LogP contribution in [0.3, 0.4) is 0 Å². The van der Waals surface area contributed by atoms with Gasteiger partial charge < -0.3 is 5.32 Å². The third-order valence-corrected chi connectivity index (χ3v) is 4.76. The lowest BCUT2D eigenvalue weighted by Gasteiger charge is -2.33. The van der Waals surface area contributed by atoms with Crippen molar-refractivity contribution < 1.29 is 0 Å². The van der Waals surface area contributed by atoms with Crippen LogP contribution in [0.5, 0.6) is 0 Å². The van der Waals surface area contributed by atoms with E-state index in [4.69, 9.17) is 0 Å². The summed E-state index contributed by atoms with van der Waals surface area (Å²) in [5, 5.41) is 3.46. The summed E-state index contributed by atoms with van der Waals surface area (Å²) in [7, 11) is 0. The molecule has 2 nitrogen and oxygen atoms in total. The van der Waals surface area contributed by atoms with E-state index >= 15 is 0 Å². The van der Waals surface area contributed by atoms with Gasteiger partial charge in [-0.3, -0.25) is 4.90 Å². The van der Waals surface area contributed by atoms with Crippen LogP contribution < -0.4 is 5.32 Å². The van der Waals surface area contributed by atoms with Crippen LogP contribution >= 0.6 is 0 Å². The average Bonchev–Trinajstić information content (AvgIpc) is 2.50. The van der Waals surface area contributed by atoms with E-state index in [9.17, 15) is 0 Å². The van der Waals surface area contributed by atoms with Crippen LogP contribution in [0.2, 0.25) is 0 Å². The molecule has 0 unspecified atom stereocenters. The fourth-order valence-corrected chi connectivity index (χ4v) is 3.21. The molecule has 1 aliphatic rings. The van der Waals surface area contributed by atoms with E-state index in [1.54, 1.807) is 0 Å². The fraction of sp³-hybridized carbons (Fsp3) is 0.684. The van der Waals surface area contributed by atoms with Crippen LogP contribution in [-0.2, 0) is 13.1 Å². The summed E-state index contributed by atoms with van der Waals surface area (Å²) in [5.74, 6) is 1.79. The molecule has 1 aromatic carbocycles. The van der Waals surface area contributed by atoms with E-state index in [1.807, 2.05) is 0 Å². The van der Waals surface area contributed by atoms with Crippen molar-refractivity contribution in [2.75, 3.05) is 19.6 Å². The zero-order valence-corrected chi connectivity index (χ0v) is 14.1. The van der Waals surface area contributed by atoms with Gasteiger partial charge in [-0.1, -0.05) is 45.0 Å². The Morgan fingerprint density at radius 2 is 1.71 bits per heavy atom. The van der Waals surface area contributed by atoms with Gasteiger partial charge in [0.15, 0.2) is 0 Å². The number of hydrogen-bond donors (Lipinski definition) is 1. The first kappa shape index (κ1) is 16.5. The van der Waals surface area contributed by atoms with Crippen molar-refractivity contribution >= 4 is 0 Å². The maximum absolute atomic E-state index is 3.46. The van der Waals surface area contributed by atoms with Gasteiger partial charge in [0.1, 0.15) is 0 Å². The van der Waals surface area contributed by atoms with Gasteiger partial charge >= 0.3 is 0 Å². The van der Waals surface area contributed by atoms with Gasteiger partial charge in [-0.15, -0.1) is 0 Å². The zero-order chi connectivity index (χ0) is 15.1. The molecule has 118 valence electrons. The highest BCUT2D eigenvalue weighted by Crippen LogP contribution is 2.25. The lowest BCUT2D eigenvalue weighted by Crippen LogP contribution is -2.34. The molecule has 1 aliphatic heterocycles. The highest BCUT2D eigenvalue weighted by Gasteiger charge is 2.21. The first-order valence-electron chi connectivity index (χ1n) is 8.70. The van der Waals surface area contributed by atoms with E-state index in [2.05, 4.69) is 55.3 Å². The number of nitrogens with zero attached hydrogens (tertiary/aromatic N) is 1. The summed E-state index contributed by atoms with van der Waals surface area (Å²) < 4.78 is 0. The van der Waals surface area contributed by atoms with Crippen LogP contribution in [0, 0.1) is 11.8 Å². The zero-order valence-electron chi connectivity index (χ0n) is 14.1. The van der Waals surface area contributed by atoms with E-state index in [0.717, 1.165) is 31.5 Å². The number of rotatable bonds is 7. The minimum Gasteiger partial charge on any atom is -0.313 e. The van der Waals surface area contributed by atoms with E-state index in [-0.39, 0.29) is 0 Å². The Labute approximate surface area is 130 Å². The molecule has 0 saturated carbocycles. The fourth-order valence-electron chi connectivity index (χ4n) is 3.21. The molecule has 0 bridgehead atoms. The van der Waals surface area contributed by atoms with Crippen LogP contribution in [0.15, 0.2) is 24.3 Å². The lowest BCUT2D eigenvalue weighted by molar-refractivity contribution is 0.152. The van der Waals surface area contributed by atoms with Gasteiger partial charge in [0, 0.05) is 13.1 Å². The van der Waals surface area contributed by atoms with Gasteiger partial charge in [0.2, 0.25) is 0 Å². The molecule has 0 aromatic heterocycles. The van der Waals surface area contributed by atoms with Gasteiger partial charge in [0.25, 0.3) is 0 Å². The molecule has 1 heterocycles. The van der Waals surface area contributed by atoms with E-state index in [0.29, 0.717) is 0 Å². The van der Waals surface area contributed by atoms with Crippen LogP contribution in [0.4, 0.5) is 0 Å². The third kappa shape index (κ3) is 5.44. The van der Waals surface area contributed by atoms with Gasteiger partial charge in [-0.25, -0.2) is 0 Å². The molecular formula is C19H32N2. The number of nitrogens with one attached hydrogen (secondary N) is 1. The Balaban J connectivity index is 1.76. The predicted octanol–water partition coefficient (Wildman–Crippen LogP) is 4.05. The number of likely N-dealkylation sites (tertiary alicyclic amines) is 1. The highest BCUT2D eigenvalue weighted by molar-refractivity contribution is 5.22. The summed E-state index contributed by atoms with van der Waals surface area (Å²) in [4.78, 5) is 2.61. The van der Waals surface area contributed by atoms with Crippen LogP contribution in [0.25, 0.3) is 0 Å². The van der Waals surface area contributed by atoms with Gasteiger partial charge in [0.05, 0.1) is 0 Å². The molecule has 0 spiro atoms. The van der Waals surface area contributed by atoms with Crippen molar-refractivity contribution in [2.24, 2.45) is 11.8 Å². The second-order valence-corrected chi connectivity index (χ2v) is 6.85. The first-order chi connectivity index (χ1) is 10.2. The molecule has 21 heavy (non-hydrogen) atoms. The maximum Gasteiger partial charge on any atom is 0.0233 e. The molecule has 2 heteroatoms. The summed E-state index contributed by atoms with van der Waals surface area (Å²) in [6.45, 7) is 12.7. The molecule has 0 aliphatic carbocycles. The Kier molecular flexibility index (Phi) is 6.72. The minimum absolute atomic E-state index is 0.849. The molecule has 0 atom stereocenters. The third-order valence-electron chi connectivity index (χ3n) is 4.76. The lowest BCUT2D eigenvalue weighted by atomic mass is 9.86. The molecular weight excluding hydrogens is 256 g/mol. The molecule has 1 aromatic rings. The molecule has 2 rings (SSSR count). The number of piperidine rings is 1. The second kappa shape index (κ2) is 8.55. The minimum atomic E-state index is 0.849. The number of hydrogen-bond acceptors (Lipinski definition) is 2. The summed E-state index contributed by atoms with van der Waals surface area (Å²) >= 11 is 0. The topological polar surface area (TPSA) is 15.3 Å². The SMILES string of the molecule is CCCNCc1ccc(CN2CCC(C(C)C)CC2)cc1. The monoisotopic (exact) mass is 288 g/mol. The Morgan fingerprint density at radius 3 is 2.29 bits per heavy atom. The largest absolute Gasteiger partial charge is 0.313 e. The summed E-state index contributed by atoms with van der Waals surface area (Å²) in [5.41, 5.74) is 2.85. The summed E-state index contributed by atoms with van der Waals surface area (Å²) in [6.07, 6.45) is 3.94. The Bertz CT molecular complexity index is 389. The molecule has 0 radical (unpaired) electrons. The van der Waals surface area contributed by atoms with E-state index in [1.165, 1.54) is 43.5 Å². The van der Waals surface area contributed by atoms with Crippen molar-refractivity contribution in [2.45, 2.75) is 53.1 Å². The predicted molar refractivity (Wildman–Crippen MR) is 91.3 cm³/mol. The number of benzene rings is 1. The van der Waals surface area contributed by atoms with Crippen molar-refractivity contribution in [3.8, 4) is 0 Å². The molecule has 1 fully saturated rings. The van der Waals surface area contributed by atoms with E-state index < -0.39 is 0 Å². The molecule has 1 saturated heterocycles. The maximum atomic E-state index is 3.46. The summed E-state index contributed by atoms with van der Waals surface area (Å²) in [6, 6.07) is 9.16. The smallest absolute Gasteiger partial charge is 0.0233 e. The van der Waals surface area contributed by atoms with Crippen LogP contribution in [0.1, 0.15) is 51.2 Å². The van der Waals surface area contributed by atoms with Gasteiger partial charge in [-0.05, 0) is 61.9 Å². The Morgan fingerprint density at radius 1 is 1.10 bits per heavy atom. The normalized spacial score (nSPS) is 17.5. The van der Waals surface area contributed by atoms with Gasteiger partial charge in [-0.2, -0.15) is 0 Å². The molecule has 0 amide bonds. The highest BCUT2D eigenvalue weighted by atomic mass is 15.1. The van der Waals surface area contributed by atoms with Crippen molar-refractivity contribution in [1.29, 1.82) is 0 Å². The van der Waals surface area contributed by atoms with Crippen molar-refractivity contribution in [3.63, 3.8) is 0 Å². The standard InChI is InChI=1S/C19H32N2/c1-4-11-20-14-17-5-7-18(8-6-17)15-21-12-9-19(10-13-21)16(2)3/h5-8,16,19-20H,4,9-15H2,1-3H3. The first-order valence-corrected chi connectivity index (χ1v) is 8.70.